The predicted octanol–water partition coefficient (Wildman–Crippen LogP) is 1.55. The molecular formula is C8H16O3. The fraction of sp³-hybridized carbons (Fsp3) is 0.750. The highest BCUT2D eigenvalue weighted by Gasteiger charge is 2.05. The van der Waals surface area contributed by atoms with E-state index in [0.29, 0.717) is 19.8 Å². The van der Waals surface area contributed by atoms with Gasteiger partial charge >= 0.3 is 0 Å². The average Bonchev–Trinajstić information content (AvgIpc) is 2.01. The van der Waals surface area contributed by atoms with E-state index in [2.05, 4.69) is 6.58 Å². The van der Waals surface area contributed by atoms with Gasteiger partial charge in [-0.1, -0.05) is 6.58 Å². The molecule has 1 atom stereocenters. The van der Waals surface area contributed by atoms with Gasteiger partial charge in [-0.15, -0.1) is 0 Å². The van der Waals surface area contributed by atoms with Gasteiger partial charge in [0, 0.05) is 13.2 Å². The van der Waals surface area contributed by atoms with Gasteiger partial charge in [0.15, 0.2) is 0 Å². The highest BCUT2D eigenvalue weighted by atomic mass is 16.7. The molecule has 0 bridgehead atoms. The largest absolute Gasteiger partial charge is 0.471 e. The first kappa shape index (κ1) is 10.5. The number of hydrogen-bond acceptors (Lipinski definition) is 3. The van der Waals surface area contributed by atoms with Crippen LogP contribution in [0.3, 0.4) is 0 Å². The molecule has 0 fully saturated rings. The molecule has 0 radical (unpaired) electrons. The monoisotopic (exact) mass is 160 g/mol. The lowest BCUT2D eigenvalue weighted by Crippen LogP contribution is -2.21. The summed E-state index contributed by atoms with van der Waals surface area (Å²) in [5.74, 6) is 0. The first-order valence-corrected chi connectivity index (χ1v) is 3.80. The molecule has 0 aromatic rings. The maximum atomic E-state index is 5.17. The van der Waals surface area contributed by atoms with E-state index in [-0.39, 0.29) is 6.29 Å². The van der Waals surface area contributed by atoms with Crippen LogP contribution < -0.4 is 0 Å². The van der Waals surface area contributed by atoms with Crippen molar-refractivity contribution in [3.63, 3.8) is 0 Å². The molecule has 0 saturated heterocycles. The van der Waals surface area contributed by atoms with Crippen molar-refractivity contribution in [3.8, 4) is 0 Å². The molecule has 0 aliphatic rings. The summed E-state index contributed by atoms with van der Waals surface area (Å²) in [5, 5.41) is 0. The second-order valence-electron chi connectivity index (χ2n) is 1.85. The molecule has 66 valence electrons. The topological polar surface area (TPSA) is 27.7 Å². The van der Waals surface area contributed by atoms with Gasteiger partial charge in [0.2, 0.25) is 6.29 Å². The van der Waals surface area contributed by atoms with E-state index in [9.17, 15) is 0 Å². The third-order valence-electron chi connectivity index (χ3n) is 1.06. The normalized spacial score (nSPS) is 12.5. The van der Waals surface area contributed by atoms with E-state index in [0.717, 1.165) is 0 Å². The van der Waals surface area contributed by atoms with Crippen molar-refractivity contribution in [3.05, 3.63) is 12.8 Å². The Morgan fingerprint density at radius 1 is 1.36 bits per heavy atom. The van der Waals surface area contributed by atoms with E-state index >= 15 is 0 Å². The molecule has 0 spiro atoms. The van der Waals surface area contributed by atoms with Gasteiger partial charge in [-0.05, 0) is 13.8 Å². The molecule has 0 aromatic carbocycles. The molecule has 0 heterocycles. The predicted molar refractivity (Wildman–Crippen MR) is 43.2 cm³/mol. The maximum Gasteiger partial charge on any atom is 0.222 e. The van der Waals surface area contributed by atoms with E-state index in [1.807, 2.05) is 13.8 Å². The minimum absolute atomic E-state index is 0.308. The van der Waals surface area contributed by atoms with Crippen molar-refractivity contribution in [1.29, 1.82) is 0 Å². The second-order valence-corrected chi connectivity index (χ2v) is 1.85. The lowest BCUT2D eigenvalue weighted by molar-refractivity contribution is -0.138. The van der Waals surface area contributed by atoms with Gasteiger partial charge in [0.25, 0.3) is 0 Å². The minimum atomic E-state index is -0.308. The third-order valence-corrected chi connectivity index (χ3v) is 1.06. The van der Waals surface area contributed by atoms with Crippen molar-refractivity contribution in [1.82, 2.24) is 0 Å². The Balaban J connectivity index is 3.41. The molecule has 0 aromatic heterocycles. The van der Waals surface area contributed by atoms with E-state index in [4.69, 9.17) is 14.2 Å². The van der Waals surface area contributed by atoms with Gasteiger partial charge in [0.05, 0.1) is 6.26 Å². The van der Waals surface area contributed by atoms with E-state index in [1.54, 1.807) is 0 Å². The summed E-state index contributed by atoms with van der Waals surface area (Å²) >= 11 is 0. The van der Waals surface area contributed by atoms with Crippen molar-refractivity contribution < 1.29 is 14.2 Å². The van der Waals surface area contributed by atoms with Crippen LogP contribution in [-0.4, -0.2) is 26.1 Å². The molecular weight excluding hydrogens is 144 g/mol. The van der Waals surface area contributed by atoms with Crippen LogP contribution in [0.5, 0.6) is 0 Å². The van der Waals surface area contributed by atoms with Crippen molar-refractivity contribution in [2.24, 2.45) is 0 Å². The maximum absolute atomic E-state index is 5.17. The van der Waals surface area contributed by atoms with Crippen LogP contribution in [0.1, 0.15) is 13.8 Å². The Kier molecular flexibility index (Phi) is 7.19. The molecule has 0 aliphatic carbocycles. The zero-order valence-corrected chi connectivity index (χ0v) is 7.21. The van der Waals surface area contributed by atoms with Crippen LogP contribution in [-0.2, 0) is 14.2 Å². The van der Waals surface area contributed by atoms with E-state index < -0.39 is 0 Å². The molecule has 0 aliphatic heterocycles. The van der Waals surface area contributed by atoms with Gasteiger partial charge in [-0.2, -0.15) is 0 Å². The molecule has 0 N–H and O–H groups in total. The van der Waals surface area contributed by atoms with Crippen LogP contribution in [0.2, 0.25) is 0 Å². The Labute approximate surface area is 67.9 Å². The molecule has 0 amide bonds. The fourth-order valence-electron chi connectivity index (χ4n) is 0.634. The first-order valence-electron chi connectivity index (χ1n) is 3.80. The van der Waals surface area contributed by atoms with Crippen LogP contribution in [0.4, 0.5) is 0 Å². The summed E-state index contributed by atoms with van der Waals surface area (Å²) in [5.41, 5.74) is 0. The van der Waals surface area contributed by atoms with E-state index in [1.165, 1.54) is 6.26 Å². The zero-order chi connectivity index (χ0) is 8.53. The number of hydrogen-bond donors (Lipinski definition) is 0. The van der Waals surface area contributed by atoms with Gasteiger partial charge in [-0.3, -0.25) is 0 Å². The highest BCUT2D eigenvalue weighted by molar-refractivity contribution is 4.52. The summed E-state index contributed by atoms with van der Waals surface area (Å²) < 4.78 is 15.3. The van der Waals surface area contributed by atoms with Gasteiger partial charge in [0.1, 0.15) is 6.61 Å². The molecule has 0 rings (SSSR count). The summed E-state index contributed by atoms with van der Waals surface area (Å²) in [4.78, 5) is 0. The summed E-state index contributed by atoms with van der Waals surface area (Å²) in [6, 6.07) is 0. The Morgan fingerprint density at radius 3 is 2.55 bits per heavy atom. The Morgan fingerprint density at radius 2 is 2.09 bits per heavy atom. The number of rotatable bonds is 7. The molecule has 3 heteroatoms. The van der Waals surface area contributed by atoms with Crippen LogP contribution in [0.25, 0.3) is 0 Å². The lowest BCUT2D eigenvalue weighted by atomic mass is 10.6. The Bertz CT molecular complexity index is 93.3. The fourth-order valence-corrected chi connectivity index (χ4v) is 0.634. The SMILES string of the molecule is C=COC(COCC)OCC. The highest BCUT2D eigenvalue weighted by Crippen LogP contribution is 1.95. The molecule has 3 nitrogen and oxygen atoms in total. The number of ether oxygens (including phenoxy) is 3. The summed E-state index contributed by atoms with van der Waals surface area (Å²) in [6.07, 6.45) is 1.05. The second kappa shape index (κ2) is 7.57. The van der Waals surface area contributed by atoms with Gasteiger partial charge < -0.3 is 14.2 Å². The third kappa shape index (κ3) is 5.88. The van der Waals surface area contributed by atoms with Crippen LogP contribution in [0, 0.1) is 0 Å². The molecule has 0 saturated carbocycles. The van der Waals surface area contributed by atoms with Crippen molar-refractivity contribution >= 4 is 0 Å². The first-order chi connectivity index (χ1) is 5.35. The van der Waals surface area contributed by atoms with Gasteiger partial charge in [-0.25, -0.2) is 0 Å². The molecule has 11 heavy (non-hydrogen) atoms. The van der Waals surface area contributed by atoms with Crippen molar-refractivity contribution in [2.45, 2.75) is 20.1 Å². The quantitative estimate of drug-likeness (QED) is 0.417. The summed E-state index contributed by atoms with van der Waals surface area (Å²) in [7, 11) is 0. The van der Waals surface area contributed by atoms with Crippen LogP contribution >= 0.6 is 0 Å². The lowest BCUT2D eigenvalue weighted by Gasteiger charge is -2.15. The Hall–Kier alpha value is -0.540. The summed E-state index contributed by atoms with van der Waals surface area (Å²) in [6.45, 7) is 9.01. The minimum Gasteiger partial charge on any atom is -0.471 e. The standard InChI is InChI=1S/C8H16O3/c1-4-9-7-8(10-5-2)11-6-3/h5,8H,2,4,6-7H2,1,3H3. The average molecular weight is 160 g/mol. The van der Waals surface area contributed by atoms with Crippen LogP contribution in [0.15, 0.2) is 12.8 Å². The smallest absolute Gasteiger partial charge is 0.222 e. The molecule has 1 unspecified atom stereocenters. The zero-order valence-electron chi connectivity index (χ0n) is 7.21. The van der Waals surface area contributed by atoms with Crippen molar-refractivity contribution in [2.75, 3.05) is 19.8 Å².